The average Bonchev–Trinajstić information content (AvgIpc) is 3.13. The van der Waals surface area contributed by atoms with Gasteiger partial charge in [0.05, 0.1) is 11.7 Å². The Kier molecular flexibility index (Phi) is 5.04. The predicted molar refractivity (Wildman–Crippen MR) is 101 cm³/mol. The van der Waals surface area contributed by atoms with Gasteiger partial charge < -0.3 is 0 Å². The van der Waals surface area contributed by atoms with Crippen molar-refractivity contribution in [2.24, 2.45) is 0 Å². The number of nitrogens with one attached hydrogen (secondary N) is 1. The normalized spacial score (nSPS) is 17.3. The van der Waals surface area contributed by atoms with Crippen LogP contribution in [-0.4, -0.2) is 31.4 Å². The van der Waals surface area contributed by atoms with Gasteiger partial charge in [-0.05, 0) is 49.2 Å². The molecule has 0 bridgehead atoms. The topological polar surface area (TPSA) is 66.8 Å². The van der Waals surface area contributed by atoms with E-state index in [1.54, 1.807) is 24.7 Å². The van der Waals surface area contributed by atoms with Crippen LogP contribution in [0.2, 0.25) is 5.02 Å². The first-order valence-electron chi connectivity index (χ1n) is 8.63. The molecule has 1 atom stereocenters. The molecule has 1 fully saturated rings. The van der Waals surface area contributed by atoms with E-state index in [1.807, 2.05) is 18.2 Å². The summed E-state index contributed by atoms with van der Waals surface area (Å²) >= 11 is 5.99. The van der Waals surface area contributed by atoms with E-state index < -0.39 is 0 Å². The predicted octanol–water partition coefficient (Wildman–Crippen LogP) is 4.00. The zero-order chi connectivity index (χ0) is 17.8. The molecule has 6 nitrogen and oxygen atoms in total. The van der Waals surface area contributed by atoms with Crippen molar-refractivity contribution < 1.29 is 0 Å². The fraction of sp³-hybridized carbons (Fsp3) is 0.263. The molecule has 4 rings (SSSR count). The highest BCUT2D eigenvalue weighted by atomic mass is 35.5. The summed E-state index contributed by atoms with van der Waals surface area (Å²) in [5.41, 5.74) is 2.27. The third-order valence-corrected chi connectivity index (χ3v) is 4.72. The number of anilines is 2. The summed E-state index contributed by atoms with van der Waals surface area (Å²) in [7, 11) is 0. The molecule has 1 saturated heterocycles. The van der Waals surface area contributed by atoms with Crippen molar-refractivity contribution >= 4 is 23.5 Å². The maximum Gasteiger partial charge on any atom is 0.229 e. The number of hydrogen-bond acceptors (Lipinski definition) is 6. The van der Waals surface area contributed by atoms with Crippen molar-refractivity contribution in [2.45, 2.75) is 25.4 Å². The molecule has 7 heteroatoms. The maximum absolute atomic E-state index is 5.99. The Labute approximate surface area is 157 Å². The molecule has 0 aliphatic carbocycles. The molecule has 0 saturated carbocycles. The quantitative estimate of drug-likeness (QED) is 0.736. The van der Waals surface area contributed by atoms with Crippen molar-refractivity contribution in [1.82, 2.24) is 24.8 Å². The Morgan fingerprint density at radius 2 is 1.77 bits per heavy atom. The number of halogens is 1. The van der Waals surface area contributed by atoms with Gasteiger partial charge in [0.15, 0.2) is 0 Å². The van der Waals surface area contributed by atoms with Gasteiger partial charge in [-0.1, -0.05) is 23.7 Å². The van der Waals surface area contributed by atoms with Crippen LogP contribution < -0.4 is 5.32 Å². The number of rotatable bonds is 5. The van der Waals surface area contributed by atoms with Crippen LogP contribution in [-0.2, 0) is 6.54 Å². The van der Waals surface area contributed by atoms with Crippen molar-refractivity contribution in [1.29, 1.82) is 0 Å². The molecule has 3 heterocycles. The number of nitrogens with zero attached hydrogens (tertiary/aromatic N) is 5. The SMILES string of the molecule is Clc1ccc(CN2CCC[C@H]2c2ccnc(Nc3ncccn3)n2)cc1. The van der Waals surface area contributed by atoms with E-state index in [-0.39, 0.29) is 6.04 Å². The van der Waals surface area contributed by atoms with E-state index in [9.17, 15) is 0 Å². The van der Waals surface area contributed by atoms with E-state index in [0.717, 1.165) is 36.6 Å². The molecule has 1 aromatic carbocycles. The van der Waals surface area contributed by atoms with Crippen LogP contribution in [0.3, 0.4) is 0 Å². The van der Waals surface area contributed by atoms with Crippen LogP contribution in [0, 0.1) is 0 Å². The minimum atomic E-state index is 0.283. The lowest BCUT2D eigenvalue weighted by molar-refractivity contribution is 0.244. The molecular weight excluding hydrogens is 348 g/mol. The highest BCUT2D eigenvalue weighted by molar-refractivity contribution is 6.30. The molecule has 0 unspecified atom stereocenters. The summed E-state index contributed by atoms with van der Waals surface area (Å²) in [6, 6.07) is 12.1. The molecule has 1 aliphatic rings. The minimum absolute atomic E-state index is 0.283. The van der Waals surface area contributed by atoms with Crippen molar-refractivity contribution in [3.05, 3.63) is 71.3 Å². The van der Waals surface area contributed by atoms with Crippen LogP contribution >= 0.6 is 11.6 Å². The van der Waals surface area contributed by atoms with E-state index in [4.69, 9.17) is 16.6 Å². The number of hydrogen-bond donors (Lipinski definition) is 1. The molecule has 26 heavy (non-hydrogen) atoms. The second-order valence-corrected chi connectivity index (χ2v) is 6.69. The van der Waals surface area contributed by atoms with Crippen molar-refractivity contribution in [3.8, 4) is 0 Å². The van der Waals surface area contributed by atoms with Gasteiger partial charge in [0.1, 0.15) is 0 Å². The first-order valence-corrected chi connectivity index (χ1v) is 9.01. The van der Waals surface area contributed by atoms with Gasteiger partial charge in [-0.15, -0.1) is 0 Å². The Morgan fingerprint density at radius 3 is 2.58 bits per heavy atom. The van der Waals surface area contributed by atoms with Crippen molar-refractivity contribution in [3.63, 3.8) is 0 Å². The Morgan fingerprint density at radius 1 is 1.00 bits per heavy atom. The molecule has 132 valence electrons. The van der Waals surface area contributed by atoms with Gasteiger partial charge in [-0.2, -0.15) is 0 Å². The van der Waals surface area contributed by atoms with Gasteiger partial charge in [-0.25, -0.2) is 19.9 Å². The van der Waals surface area contributed by atoms with Gasteiger partial charge in [0, 0.05) is 30.2 Å². The Bertz CT molecular complexity index is 855. The van der Waals surface area contributed by atoms with Gasteiger partial charge in [0.25, 0.3) is 0 Å². The zero-order valence-electron chi connectivity index (χ0n) is 14.2. The summed E-state index contributed by atoms with van der Waals surface area (Å²) in [6.07, 6.45) is 7.40. The Hall–Kier alpha value is -2.57. The molecule has 0 spiro atoms. The zero-order valence-corrected chi connectivity index (χ0v) is 15.0. The minimum Gasteiger partial charge on any atom is -0.293 e. The second-order valence-electron chi connectivity index (χ2n) is 6.26. The smallest absolute Gasteiger partial charge is 0.229 e. The van der Waals surface area contributed by atoms with Crippen molar-refractivity contribution in [2.75, 3.05) is 11.9 Å². The van der Waals surface area contributed by atoms with E-state index in [2.05, 4.69) is 37.3 Å². The van der Waals surface area contributed by atoms with E-state index in [0.29, 0.717) is 11.9 Å². The molecular formula is C19H19ClN6. The number of aromatic nitrogens is 4. The second kappa shape index (κ2) is 7.76. The summed E-state index contributed by atoms with van der Waals surface area (Å²) in [5.74, 6) is 1.01. The fourth-order valence-corrected chi connectivity index (χ4v) is 3.38. The standard InChI is InChI=1S/C19H19ClN6/c20-15-6-4-14(5-7-15)13-26-12-1-3-17(26)16-8-11-23-19(24-16)25-18-21-9-2-10-22-18/h2,4-11,17H,1,3,12-13H2,(H,21,22,23,24,25)/t17-/m0/s1. The lowest BCUT2D eigenvalue weighted by Gasteiger charge is -2.24. The van der Waals surface area contributed by atoms with Crippen LogP contribution in [0.25, 0.3) is 0 Å². The van der Waals surface area contributed by atoms with E-state index >= 15 is 0 Å². The first-order chi connectivity index (χ1) is 12.8. The highest BCUT2D eigenvalue weighted by Gasteiger charge is 2.27. The first kappa shape index (κ1) is 16.9. The van der Waals surface area contributed by atoms with Crippen LogP contribution in [0.1, 0.15) is 30.1 Å². The van der Waals surface area contributed by atoms with Crippen LogP contribution in [0.4, 0.5) is 11.9 Å². The summed E-state index contributed by atoms with van der Waals surface area (Å²) in [4.78, 5) is 19.7. The van der Waals surface area contributed by atoms with Crippen LogP contribution in [0.5, 0.6) is 0 Å². The lowest BCUT2D eigenvalue weighted by atomic mass is 10.1. The molecule has 3 aromatic rings. The summed E-state index contributed by atoms with van der Waals surface area (Å²) in [5, 5.41) is 3.83. The maximum atomic E-state index is 5.99. The van der Waals surface area contributed by atoms with Gasteiger partial charge in [0.2, 0.25) is 11.9 Å². The molecule has 1 aliphatic heterocycles. The Balaban J connectivity index is 1.50. The number of benzene rings is 1. The van der Waals surface area contributed by atoms with Crippen LogP contribution in [0.15, 0.2) is 55.0 Å². The van der Waals surface area contributed by atoms with Gasteiger partial charge in [-0.3, -0.25) is 10.2 Å². The average molecular weight is 367 g/mol. The third-order valence-electron chi connectivity index (χ3n) is 4.47. The molecule has 1 N–H and O–H groups in total. The monoisotopic (exact) mass is 366 g/mol. The fourth-order valence-electron chi connectivity index (χ4n) is 3.26. The molecule has 2 aromatic heterocycles. The summed E-state index contributed by atoms with van der Waals surface area (Å²) < 4.78 is 0. The molecule has 0 amide bonds. The van der Waals surface area contributed by atoms with Gasteiger partial charge >= 0.3 is 0 Å². The van der Waals surface area contributed by atoms with E-state index in [1.165, 1.54) is 5.56 Å². The number of likely N-dealkylation sites (tertiary alicyclic amines) is 1. The largest absolute Gasteiger partial charge is 0.293 e. The highest BCUT2D eigenvalue weighted by Crippen LogP contribution is 2.32. The molecule has 0 radical (unpaired) electrons. The summed E-state index contributed by atoms with van der Waals surface area (Å²) in [6.45, 7) is 1.94. The third kappa shape index (κ3) is 3.98. The lowest BCUT2D eigenvalue weighted by Crippen LogP contribution is -2.23.